The Morgan fingerprint density at radius 1 is 0.480 bits per heavy atom. The predicted molar refractivity (Wildman–Crippen MR) is 204 cm³/mol. The van der Waals surface area contributed by atoms with Crippen LogP contribution in [0.4, 0.5) is 0 Å². The van der Waals surface area contributed by atoms with Gasteiger partial charge in [0.1, 0.15) is 23.0 Å². The third-order valence-corrected chi connectivity index (χ3v) is 11.4. The second-order valence-electron chi connectivity index (χ2n) is 14.2. The topological polar surface area (TPSA) is 18.5 Å². The minimum atomic E-state index is 0.939. The van der Waals surface area contributed by atoms with Gasteiger partial charge in [-0.3, -0.25) is 0 Å². The third-order valence-electron chi connectivity index (χ3n) is 11.4. The molecule has 2 heteroatoms. The van der Waals surface area contributed by atoms with E-state index in [9.17, 15) is 0 Å². The molecule has 11 rings (SSSR count). The highest BCUT2D eigenvalue weighted by atomic mass is 16.5. The fourth-order valence-corrected chi connectivity index (χ4v) is 8.95. The summed E-state index contributed by atoms with van der Waals surface area (Å²) in [5.74, 6) is 3.87. The van der Waals surface area contributed by atoms with Crippen LogP contribution in [-0.4, -0.2) is 0 Å². The van der Waals surface area contributed by atoms with Crippen molar-refractivity contribution in [3.8, 4) is 39.5 Å². The quantitative estimate of drug-likeness (QED) is 0.191. The maximum Gasteiger partial charge on any atom is 0.135 e. The maximum absolute atomic E-state index is 6.75. The number of hydrogen-bond acceptors (Lipinski definition) is 2. The SMILES string of the molecule is C1=Cc2ccc(C3=CC4=C(CC3)C3=c5c(ccc6c5=C(CC3)c3ccc(-c5ccc(-c7cccc8ccccc78)cc5)cc3O6)O4)cc2CC1. The predicted octanol–water partition coefficient (Wildman–Crippen LogP) is 10.9. The second kappa shape index (κ2) is 10.8. The molecule has 0 fully saturated rings. The van der Waals surface area contributed by atoms with Crippen LogP contribution in [0.1, 0.15) is 54.4 Å². The van der Waals surface area contributed by atoms with Gasteiger partial charge >= 0.3 is 0 Å². The lowest BCUT2D eigenvalue weighted by Crippen LogP contribution is -2.39. The van der Waals surface area contributed by atoms with Gasteiger partial charge in [0.05, 0.1) is 0 Å². The first-order chi connectivity index (χ1) is 24.7. The van der Waals surface area contributed by atoms with E-state index in [0.29, 0.717) is 0 Å². The van der Waals surface area contributed by atoms with Gasteiger partial charge in [-0.25, -0.2) is 0 Å². The molecule has 50 heavy (non-hydrogen) atoms. The average molecular weight is 643 g/mol. The van der Waals surface area contributed by atoms with Crippen LogP contribution in [0, 0.1) is 0 Å². The van der Waals surface area contributed by atoms with Crippen molar-refractivity contribution in [1.29, 1.82) is 0 Å². The molecular formula is C48H34O2. The van der Waals surface area contributed by atoms with Crippen LogP contribution in [0.15, 0.2) is 139 Å². The van der Waals surface area contributed by atoms with Crippen LogP contribution in [0.3, 0.4) is 0 Å². The number of benzene rings is 6. The lowest BCUT2D eigenvalue weighted by Gasteiger charge is -2.32. The van der Waals surface area contributed by atoms with Crippen molar-refractivity contribution in [3.05, 3.63) is 171 Å². The van der Waals surface area contributed by atoms with Gasteiger partial charge in [0, 0.05) is 16.0 Å². The lowest BCUT2D eigenvalue weighted by molar-refractivity contribution is 0.419. The Bertz CT molecular complexity index is 2680. The van der Waals surface area contributed by atoms with Gasteiger partial charge in [-0.05, 0) is 135 Å². The molecule has 0 radical (unpaired) electrons. The molecule has 6 aromatic rings. The van der Waals surface area contributed by atoms with Gasteiger partial charge in [0.2, 0.25) is 0 Å². The van der Waals surface area contributed by atoms with Crippen LogP contribution >= 0.6 is 0 Å². The van der Waals surface area contributed by atoms with E-state index in [-0.39, 0.29) is 0 Å². The highest BCUT2D eigenvalue weighted by molar-refractivity contribution is 5.97. The van der Waals surface area contributed by atoms with Crippen molar-refractivity contribution in [2.24, 2.45) is 0 Å². The summed E-state index contributed by atoms with van der Waals surface area (Å²) in [5, 5.41) is 5.02. The molecule has 0 saturated carbocycles. The van der Waals surface area contributed by atoms with E-state index in [1.807, 2.05) is 0 Å². The Hall–Kier alpha value is -5.86. The first-order valence-electron chi connectivity index (χ1n) is 18.0. The van der Waals surface area contributed by atoms with Gasteiger partial charge < -0.3 is 9.47 Å². The summed E-state index contributed by atoms with van der Waals surface area (Å²) in [4.78, 5) is 0. The fraction of sp³-hybridized carbons (Fsp3) is 0.125. The third kappa shape index (κ3) is 4.28. The fourth-order valence-electron chi connectivity index (χ4n) is 8.95. The summed E-state index contributed by atoms with van der Waals surface area (Å²) in [6.45, 7) is 0. The molecule has 0 spiro atoms. The Morgan fingerprint density at radius 2 is 1.24 bits per heavy atom. The lowest BCUT2D eigenvalue weighted by atomic mass is 9.79. The van der Waals surface area contributed by atoms with Crippen LogP contribution in [0.2, 0.25) is 0 Å². The molecule has 6 aromatic carbocycles. The first-order valence-corrected chi connectivity index (χ1v) is 18.0. The molecule has 0 bridgehead atoms. The summed E-state index contributed by atoms with van der Waals surface area (Å²) >= 11 is 0. The van der Waals surface area contributed by atoms with Crippen LogP contribution in [0.25, 0.3) is 55.8 Å². The molecule has 3 aliphatic carbocycles. The van der Waals surface area contributed by atoms with Gasteiger partial charge in [-0.1, -0.05) is 109 Å². The molecule has 2 heterocycles. The normalized spacial score (nSPS) is 16.5. The van der Waals surface area contributed by atoms with E-state index in [0.717, 1.165) is 67.1 Å². The minimum absolute atomic E-state index is 0.939. The second-order valence-corrected chi connectivity index (χ2v) is 14.2. The van der Waals surface area contributed by atoms with Crippen LogP contribution in [-0.2, 0) is 6.42 Å². The molecule has 0 saturated heterocycles. The van der Waals surface area contributed by atoms with E-state index >= 15 is 0 Å². The number of hydrogen-bond donors (Lipinski definition) is 0. The van der Waals surface area contributed by atoms with Gasteiger partial charge in [0.15, 0.2) is 0 Å². The molecule has 5 aliphatic rings. The number of ether oxygens (including phenoxy) is 2. The number of allylic oxidation sites excluding steroid dienone is 4. The zero-order valence-electron chi connectivity index (χ0n) is 27.8. The highest BCUT2D eigenvalue weighted by Crippen LogP contribution is 2.44. The van der Waals surface area contributed by atoms with Gasteiger partial charge in [-0.15, -0.1) is 0 Å². The van der Waals surface area contributed by atoms with Crippen molar-refractivity contribution in [3.63, 3.8) is 0 Å². The zero-order valence-corrected chi connectivity index (χ0v) is 27.8. The summed E-state index contributed by atoms with van der Waals surface area (Å²) in [6, 6.07) is 42.0. The minimum Gasteiger partial charge on any atom is -0.456 e. The molecule has 0 atom stereocenters. The smallest absolute Gasteiger partial charge is 0.135 e. The van der Waals surface area contributed by atoms with Crippen molar-refractivity contribution in [1.82, 2.24) is 0 Å². The molecule has 0 unspecified atom stereocenters. The summed E-state index contributed by atoms with van der Waals surface area (Å²) < 4.78 is 13.5. The largest absolute Gasteiger partial charge is 0.456 e. The zero-order chi connectivity index (χ0) is 32.8. The first kappa shape index (κ1) is 28.0. The van der Waals surface area contributed by atoms with E-state index in [2.05, 4.69) is 133 Å². The van der Waals surface area contributed by atoms with E-state index in [1.54, 1.807) is 0 Å². The van der Waals surface area contributed by atoms with E-state index in [4.69, 9.17) is 9.47 Å². The number of fused-ring (bicyclic) bond motifs is 5. The maximum atomic E-state index is 6.75. The average Bonchev–Trinajstić information content (AvgIpc) is 3.18. The Balaban J connectivity index is 0.956. The monoisotopic (exact) mass is 642 g/mol. The van der Waals surface area contributed by atoms with E-state index in [1.165, 1.54) is 82.4 Å². The van der Waals surface area contributed by atoms with Crippen molar-refractivity contribution in [2.45, 2.75) is 38.5 Å². The highest BCUT2D eigenvalue weighted by Gasteiger charge is 2.31. The Labute approximate surface area is 291 Å². The molecule has 238 valence electrons. The molecule has 2 nitrogen and oxygen atoms in total. The molecular weight excluding hydrogens is 609 g/mol. The molecule has 2 aliphatic heterocycles. The Morgan fingerprint density at radius 3 is 2.18 bits per heavy atom. The van der Waals surface area contributed by atoms with Crippen LogP contribution < -0.4 is 19.9 Å². The molecule has 0 aromatic heterocycles. The van der Waals surface area contributed by atoms with E-state index < -0.39 is 0 Å². The van der Waals surface area contributed by atoms with Gasteiger partial charge in [0.25, 0.3) is 0 Å². The molecule has 0 amide bonds. The van der Waals surface area contributed by atoms with Crippen molar-refractivity contribution >= 4 is 33.6 Å². The summed E-state index contributed by atoms with van der Waals surface area (Å²) in [6.07, 6.45) is 13.2. The van der Waals surface area contributed by atoms with Gasteiger partial charge in [-0.2, -0.15) is 0 Å². The van der Waals surface area contributed by atoms with Crippen LogP contribution in [0.5, 0.6) is 17.2 Å². The standard InChI is InChI=1S/C48H34O2/c1-2-8-33-26-34(17-14-29(33)6-1)36-19-21-40-42-23-22-41-39-20-18-35(27-45(39)49-43-24-25-44(48(42)47(41)43)50-46(40)28-36)30-12-15-32(16-13-30)38-11-5-9-31-7-3-4-10-37(31)38/h1,3-7,9-18,20,24-28H,2,8,19,21-23H2. The van der Waals surface area contributed by atoms with Crippen molar-refractivity contribution < 1.29 is 9.47 Å². The summed E-state index contributed by atoms with van der Waals surface area (Å²) in [5.41, 5.74) is 15.8. The summed E-state index contributed by atoms with van der Waals surface area (Å²) in [7, 11) is 0. The number of rotatable bonds is 3. The van der Waals surface area contributed by atoms with Crippen molar-refractivity contribution in [2.75, 3.05) is 0 Å². The Kier molecular flexibility index (Phi) is 6.07. The number of aryl methyl sites for hydroxylation is 1. The molecule has 0 N–H and O–H groups in total.